The van der Waals surface area contributed by atoms with Gasteiger partial charge in [-0.2, -0.15) is 0 Å². The maximum Gasteiger partial charge on any atom is 0.115 e. The van der Waals surface area contributed by atoms with E-state index in [2.05, 4.69) is 0 Å². The van der Waals surface area contributed by atoms with Crippen LogP contribution in [0.25, 0.3) is 0 Å². The Labute approximate surface area is 290 Å². The monoisotopic (exact) mass is 958 g/mol. The minimum atomic E-state index is 0. The number of benzene rings is 6. The van der Waals surface area contributed by atoms with Crippen LogP contribution in [0.4, 0.5) is 0 Å². The van der Waals surface area contributed by atoms with Crippen molar-refractivity contribution in [2.24, 2.45) is 0 Å². The molecule has 6 nitrogen and oxygen atoms in total. The van der Waals surface area contributed by atoms with Crippen LogP contribution in [0.5, 0.6) is 34.5 Å². The molecule has 0 unspecified atom stereocenters. The first-order chi connectivity index (χ1) is 20.4. The molecule has 6 N–H and O–H groups in total. The molecule has 0 aliphatic rings. The molecule has 0 aromatic heterocycles. The van der Waals surface area contributed by atoms with Crippen LogP contribution in [-0.2, 0) is 44.8 Å². The largest absolute Gasteiger partial charge is 0.508 e. The van der Waals surface area contributed by atoms with Crippen molar-refractivity contribution in [2.45, 2.75) is 0 Å². The molecule has 0 amide bonds. The first kappa shape index (κ1) is 41.7. The number of aromatic hydroxyl groups is 6. The third-order valence-corrected chi connectivity index (χ3v) is 4.54. The predicted octanol–water partition coefficient (Wildman–Crippen LogP) is 8.35. The Hall–Kier alpha value is -4.40. The molecule has 44 heavy (non-hydrogen) atoms. The molecule has 0 fully saturated rings. The van der Waals surface area contributed by atoms with Gasteiger partial charge in [-0.1, -0.05) is 109 Å². The van der Waals surface area contributed by atoms with E-state index in [-0.39, 0.29) is 44.8 Å². The Morgan fingerprint density at radius 2 is 0.273 bits per heavy atom. The third-order valence-electron chi connectivity index (χ3n) is 4.54. The van der Waals surface area contributed by atoms with Crippen LogP contribution in [0.2, 0.25) is 0 Å². The quantitative estimate of drug-likeness (QED) is 0.0853. The predicted molar refractivity (Wildman–Crippen MR) is 169 cm³/mol. The van der Waals surface area contributed by atoms with E-state index in [4.69, 9.17) is 30.6 Å². The summed E-state index contributed by atoms with van der Waals surface area (Å²) in [6.07, 6.45) is 0. The maximum atomic E-state index is 8.63. The van der Waals surface area contributed by atoms with E-state index in [0.717, 1.165) is 0 Å². The smallest absolute Gasteiger partial charge is 0.115 e. The number of rotatable bonds is 0. The number of phenols is 6. The van der Waals surface area contributed by atoms with Crippen LogP contribution >= 0.6 is 0 Å². The van der Waals surface area contributed by atoms with Crippen molar-refractivity contribution in [2.75, 3.05) is 0 Å². The minimum Gasteiger partial charge on any atom is -0.508 e. The van der Waals surface area contributed by atoms with Crippen molar-refractivity contribution in [3.8, 4) is 34.5 Å². The molecule has 0 bridgehead atoms. The van der Waals surface area contributed by atoms with Gasteiger partial charge in [0.15, 0.2) is 0 Å². The summed E-state index contributed by atoms with van der Waals surface area (Å²) in [5, 5.41) is 51.8. The first-order valence-corrected chi connectivity index (χ1v) is 12.8. The molecule has 0 heterocycles. The Morgan fingerprint density at radius 1 is 0.182 bits per heavy atom. The topological polar surface area (TPSA) is 121 Å². The van der Waals surface area contributed by atoms with Crippen molar-refractivity contribution in [1.82, 2.24) is 0 Å². The van der Waals surface area contributed by atoms with E-state index in [1.807, 2.05) is 36.4 Å². The van der Waals surface area contributed by atoms with E-state index in [9.17, 15) is 0 Å². The van der Waals surface area contributed by atoms with E-state index in [0.29, 0.717) is 34.5 Å². The summed E-state index contributed by atoms with van der Waals surface area (Å²) in [6.45, 7) is 0. The van der Waals surface area contributed by atoms with E-state index in [1.54, 1.807) is 146 Å². The second-order valence-electron chi connectivity index (χ2n) is 8.01. The molecular weight excluding hydrogens is 922 g/mol. The van der Waals surface area contributed by atoms with Gasteiger partial charge in [-0.15, -0.1) is 0 Å². The maximum absolute atomic E-state index is 8.63. The standard InChI is InChI=1S/6C6H6O.2Au/c6*7-6-4-2-1-3-5-6;;/h6*1-5,7H;;. The molecule has 0 aliphatic heterocycles. The fourth-order valence-electron chi connectivity index (χ4n) is 2.57. The summed E-state index contributed by atoms with van der Waals surface area (Å²) in [5.74, 6) is 1.93. The number of phenolic OH excluding ortho intramolecular Hbond substituents is 6. The van der Waals surface area contributed by atoms with Gasteiger partial charge in [-0.05, 0) is 72.8 Å². The van der Waals surface area contributed by atoms with Crippen LogP contribution in [0.1, 0.15) is 0 Å². The van der Waals surface area contributed by atoms with Crippen molar-refractivity contribution < 1.29 is 75.4 Å². The molecule has 238 valence electrons. The van der Waals surface area contributed by atoms with Gasteiger partial charge < -0.3 is 30.6 Å². The Balaban J connectivity index is 0. The minimum absolute atomic E-state index is 0. The molecule has 2 radical (unpaired) electrons. The summed E-state index contributed by atoms with van der Waals surface area (Å²) in [6, 6.07) is 52.3. The normalized spacial score (nSPS) is 8.18. The third kappa shape index (κ3) is 26.5. The summed E-state index contributed by atoms with van der Waals surface area (Å²) in [7, 11) is 0. The van der Waals surface area contributed by atoms with Crippen LogP contribution in [-0.4, -0.2) is 30.6 Å². The number of para-hydroxylation sites is 6. The van der Waals surface area contributed by atoms with Gasteiger partial charge in [0, 0.05) is 44.8 Å². The van der Waals surface area contributed by atoms with Gasteiger partial charge in [0.1, 0.15) is 34.5 Å². The zero-order valence-electron chi connectivity index (χ0n) is 23.6. The van der Waals surface area contributed by atoms with Gasteiger partial charge in [0.2, 0.25) is 0 Å². The zero-order chi connectivity index (χ0) is 30.7. The van der Waals surface area contributed by atoms with Gasteiger partial charge in [0.05, 0.1) is 0 Å². The molecule has 0 saturated carbocycles. The molecule has 6 aromatic carbocycles. The summed E-state index contributed by atoms with van der Waals surface area (Å²) >= 11 is 0. The van der Waals surface area contributed by atoms with Crippen molar-refractivity contribution in [1.29, 1.82) is 0 Å². The van der Waals surface area contributed by atoms with Gasteiger partial charge >= 0.3 is 0 Å². The Kier molecular flexibility index (Phi) is 27.2. The Morgan fingerprint density at radius 3 is 0.318 bits per heavy atom. The fraction of sp³-hybridized carbons (Fsp3) is 0. The van der Waals surface area contributed by atoms with E-state index >= 15 is 0 Å². The molecule has 0 atom stereocenters. The summed E-state index contributed by atoms with van der Waals surface area (Å²) < 4.78 is 0. The van der Waals surface area contributed by atoms with Crippen molar-refractivity contribution >= 4 is 0 Å². The van der Waals surface area contributed by atoms with Crippen LogP contribution < -0.4 is 0 Å². The molecule has 8 heteroatoms. The summed E-state index contributed by atoms with van der Waals surface area (Å²) in [5.41, 5.74) is 0. The molecule has 6 rings (SSSR count). The fourth-order valence-corrected chi connectivity index (χ4v) is 2.57. The van der Waals surface area contributed by atoms with Gasteiger partial charge in [-0.25, -0.2) is 0 Å². The zero-order valence-corrected chi connectivity index (χ0v) is 27.9. The first-order valence-electron chi connectivity index (χ1n) is 12.8. The van der Waals surface area contributed by atoms with Crippen LogP contribution in [0.3, 0.4) is 0 Å². The number of hydrogen-bond acceptors (Lipinski definition) is 6. The van der Waals surface area contributed by atoms with Crippen LogP contribution in [0.15, 0.2) is 182 Å². The molecule has 0 aliphatic carbocycles. The van der Waals surface area contributed by atoms with Crippen LogP contribution in [0, 0.1) is 0 Å². The second-order valence-corrected chi connectivity index (χ2v) is 8.01. The van der Waals surface area contributed by atoms with E-state index < -0.39 is 0 Å². The molecular formula is C36H36Au2O6. The van der Waals surface area contributed by atoms with Crippen molar-refractivity contribution in [3.63, 3.8) is 0 Å². The average molecular weight is 959 g/mol. The van der Waals surface area contributed by atoms with Gasteiger partial charge in [0.25, 0.3) is 0 Å². The Bertz CT molecular complexity index is 1110. The van der Waals surface area contributed by atoms with Crippen molar-refractivity contribution in [3.05, 3.63) is 182 Å². The SMILES string of the molecule is Oc1ccccc1.Oc1ccccc1.Oc1ccccc1.Oc1ccccc1.Oc1ccccc1.Oc1ccccc1.[Au].[Au]. The number of hydrogen-bond donors (Lipinski definition) is 6. The van der Waals surface area contributed by atoms with Gasteiger partial charge in [-0.3, -0.25) is 0 Å². The average Bonchev–Trinajstić information content (AvgIpc) is 3.01. The second kappa shape index (κ2) is 28.7. The molecule has 0 saturated heterocycles. The molecule has 0 spiro atoms. The molecule has 6 aromatic rings. The summed E-state index contributed by atoms with van der Waals surface area (Å²) in [4.78, 5) is 0. The van der Waals surface area contributed by atoms with E-state index in [1.165, 1.54) is 0 Å².